The van der Waals surface area contributed by atoms with Crippen molar-refractivity contribution in [3.8, 4) is 17.1 Å². The molecular weight excluding hydrogens is 633 g/mol. The van der Waals surface area contributed by atoms with Crippen molar-refractivity contribution in [1.82, 2.24) is 24.3 Å². The fourth-order valence-corrected chi connectivity index (χ4v) is 6.02. The smallest absolute Gasteiger partial charge is 0.330 e. The topological polar surface area (TPSA) is 132 Å². The highest BCUT2D eigenvalue weighted by Gasteiger charge is 2.27. The summed E-state index contributed by atoms with van der Waals surface area (Å²) in [4.78, 5) is 43.2. The minimum absolute atomic E-state index is 0.000167. The van der Waals surface area contributed by atoms with Crippen molar-refractivity contribution in [2.75, 3.05) is 22.9 Å². The lowest BCUT2D eigenvalue weighted by atomic mass is 9.87. The number of hydrogen-bond acceptors (Lipinski definition) is 7. The number of aromatic nitrogens is 5. The zero-order valence-corrected chi connectivity index (χ0v) is 28.8. The molecular formula is C32H39Cl2N7O3S. The van der Waals surface area contributed by atoms with Gasteiger partial charge in [0.25, 0.3) is 5.56 Å². The lowest BCUT2D eigenvalue weighted by Gasteiger charge is -2.26. The maximum Gasteiger partial charge on any atom is 0.330 e. The molecule has 0 aliphatic rings. The largest absolute Gasteiger partial charge is 0.383 e. The van der Waals surface area contributed by atoms with E-state index in [0.717, 1.165) is 22.9 Å². The van der Waals surface area contributed by atoms with E-state index >= 15 is 0 Å². The standard InChI is InChI=1S/C32H39Cl2N7O3S/c1-18(2)15-39(26-27(35)40(16-19(3)4)30(44)36-29(26)43)24(42)17-45-31-38-37-28(20-11-13-21(14-12-20)32(5,6)7)41(31)23-10-8-9-22(33)25(23)34/h8-14,18-19H,15-17,35H2,1-7H3,(H,36,43,44). The molecule has 45 heavy (non-hydrogen) atoms. The number of amides is 1. The van der Waals surface area contributed by atoms with Gasteiger partial charge in [0.05, 0.1) is 21.5 Å². The molecule has 0 saturated heterocycles. The second-order valence-electron chi connectivity index (χ2n) is 12.7. The van der Waals surface area contributed by atoms with E-state index in [-0.39, 0.29) is 53.5 Å². The second-order valence-corrected chi connectivity index (χ2v) is 14.5. The van der Waals surface area contributed by atoms with Gasteiger partial charge in [-0.3, -0.25) is 23.7 Å². The first-order valence-electron chi connectivity index (χ1n) is 14.7. The summed E-state index contributed by atoms with van der Waals surface area (Å²) in [5.74, 6) is 0.0653. The predicted molar refractivity (Wildman–Crippen MR) is 184 cm³/mol. The first-order valence-corrected chi connectivity index (χ1v) is 16.4. The van der Waals surface area contributed by atoms with Crippen LogP contribution in [0.4, 0.5) is 11.5 Å². The van der Waals surface area contributed by atoms with Crippen molar-refractivity contribution in [1.29, 1.82) is 0 Å². The Morgan fingerprint density at radius 1 is 1.02 bits per heavy atom. The van der Waals surface area contributed by atoms with Crippen LogP contribution < -0.4 is 21.9 Å². The molecule has 0 aliphatic heterocycles. The van der Waals surface area contributed by atoms with Crippen LogP contribution in [-0.4, -0.2) is 42.5 Å². The number of aromatic amines is 1. The zero-order valence-electron chi connectivity index (χ0n) is 26.5. The van der Waals surface area contributed by atoms with E-state index in [1.54, 1.807) is 22.8 Å². The fraction of sp³-hybridized carbons (Fsp3) is 0.406. The average Bonchev–Trinajstić information content (AvgIpc) is 3.37. The third-order valence-corrected chi connectivity index (χ3v) is 8.74. The van der Waals surface area contributed by atoms with Crippen LogP contribution in [0, 0.1) is 11.8 Å². The van der Waals surface area contributed by atoms with Crippen LogP contribution >= 0.6 is 35.0 Å². The predicted octanol–water partition coefficient (Wildman–Crippen LogP) is 6.41. The molecule has 1 amide bonds. The highest BCUT2D eigenvalue weighted by molar-refractivity contribution is 7.99. The summed E-state index contributed by atoms with van der Waals surface area (Å²) in [6.45, 7) is 14.6. The van der Waals surface area contributed by atoms with Crippen molar-refractivity contribution in [3.05, 3.63) is 78.9 Å². The summed E-state index contributed by atoms with van der Waals surface area (Å²) in [7, 11) is 0. The number of hydrogen-bond donors (Lipinski definition) is 2. The molecule has 4 rings (SSSR count). The van der Waals surface area contributed by atoms with Crippen LogP contribution in [0.1, 0.15) is 54.0 Å². The Hall–Kier alpha value is -3.54. The first-order chi connectivity index (χ1) is 21.1. The van der Waals surface area contributed by atoms with Gasteiger partial charge < -0.3 is 10.6 Å². The van der Waals surface area contributed by atoms with E-state index in [1.807, 2.05) is 39.8 Å². The number of rotatable bonds is 10. The highest BCUT2D eigenvalue weighted by Crippen LogP contribution is 2.35. The van der Waals surface area contributed by atoms with Gasteiger partial charge in [-0.15, -0.1) is 10.2 Å². The van der Waals surface area contributed by atoms with Crippen molar-refractivity contribution < 1.29 is 4.79 Å². The Kier molecular flexibility index (Phi) is 10.6. The molecule has 13 heteroatoms. The molecule has 0 unspecified atom stereocenters. The van der Waals surface area contributed by atoms with Gasteiger partial charge >= 0.3 is 5.69 Å². The quantitative estimate of drug-likeness (QED) is 0.186. The minimum atomic E-state index is -0.716. The SMILES string of the molecule is CC(C)CN(C(=O)CSc1nnc(-c2ccc(C(C)(C)C)cc2)n1-c1cccc(Cl)c1Cl)c1c(N)n(CC(C)C)c(=O)[nH]c1=O. The van der Waals surface area contributed by atoms with Gasteiger partial charge in [0.2, 0.25) is 5.91 Å². The summed E-state index contributed by atoms with van der Waals surface area (Å²) >= 11 is 14.2. The van der Waals surface area contributed by atoms with Crippen LogP contribution in [0.5, 0.6) is 0 Å². The molecule has 0 bridgehead atoms. The fourth-order valence-electron chi connectivity index (χ4n) is 4.82. The number of carbonyl (C=O) groups is 1. The molecule has 240 valence electrons. The molecule has 0 spiro atoms. The van der Waals surface area contributed by atoms with Crippen molar-refractivity contribution in [2.45, 2.75) is 65.6 Å². The van der Waals surface area contributed by atoms with E-state index in [9.17, 15) is 14.4 Å². The van der Waals surface area contributed by atoms with Crippen LogP contribution in [0.3, 0.4) is 0 Å². The molecule has 0 radical (unpaired) electrons. The number of nitrogens with two attached hydrogens (primary N) is 1. The molecule has 3 N–H and O–H groups in total. The summed E-state index contributed by atoms with van der Waals surface area (Å²) in [6, 6.07) is 13.3. The normalized spacial score (nSPS) is 11.9. The molecule has 2 aromatic heterocycles. The number of carbonyl (C=O) groups excluding carboxylic acids is 1. The number of nitrogen functional groups attached to an aromatic ring is 1. The van der Waals surface area contributed by atoms with Crippen LogP contribution in [0.15, 0.2) is 57.2 Å². The molecule has 10 nitrogen and oxygen atoms in total. The summed E-state index contributed by atoms with van der Waals surface area (Å²) in [5.41, 5.74) is 7.49. The van der Waals surface area contributed by atoms with Gasteiger partial charge in [-0.1, -0.05) is 114 Å². The van der Waals surface area contributed by atoms with Gasteiger partial charge in [-0.05, 0) is 34.9 Å². The summed E-state index contributed by atoms with van der Waals surface area (Å²) < 4.78 is 3.07. The Bertz CT molecular complexity index is 1810. The number of anilines is 2. The Balaban J connectivity index is 1.75. The van der Waals surface area contributed by atoms with E-state index < -0.39 is 11.2 Å². The lowest BCUT2D eigenvalue weighted by Crippen LogP contribution is -2.43. The number of thioether (sulfide) groups is 1. The molecule has 4 aromatic rings. The van der Waals surface area contributed by atoms with Crippen molar-refractivity contribution in [2.24, 2.45) is 11.8 Å². The second kappa shape index (κ2) is 13.8. The number of nitrogens with one attached hydrogen (secondary N) is 1. The van der Waals surface area contributed by atoms with Crippen molar-refractivity contribution >= 4 is 52.4 Å². The molecule has 2 heterocycles. The molecule has 2 aromatic carbocycles. The Morgan fingerprint density at radius 3 is 2.29 bits per heavy atom. The number of benzene rings is 2. The maximum absolute atomic E-state index is 13.9. The molecule has 0 fully saturated rings. The maximum atomic E-state index is 13.9. The van der Waals surface area contributed by atoms with E-state index in [4.69, 9.17) is 28.9 Å². The van der Waals surface area contributed by atoms with Gasteiger partial charge in [0, 0.05) is 18.7 Å². The summed E-state index contributed by atoms with van der Waals surface area (Å²) in [5, 5.41) is 9.99. The van der Waals surface area contributed by atoms with Crippen LogP contribution in [0.25, 0.3) is 17.1 Å². The zero-order chi connectivity index (χ0) is 33.2. The number of halogens is 2. The molecule has 0 saturated carbocycles. The third-order valence-electron chi connectivity index (χ3n) is 7.02. The van der Waals surface area contributed by atoms with E-state index in [0.29, 0.717) is 26.7 Å². The van der Waals surface area contributed by atoms with Crippen LogP contribution in [-0.2, 0) is 16.8 Å². The Morgan fingerprint density at radius 2 is 1.69 bits per heavy atom. The third kappa shape index (κ3) is 7.65. The van der Waals surface area contributed by atoms with E-state index in [1.165, 1.54) is 9.47 Å². The van der Waals surface area contributed by atoms with Gasteiger partial charge in [0.1, 0.15) is 5.82 Å². The monoisotopic (exact) mass is 671 g/mol. The van der Waals surface area contributed by atoms with Crippen molar-refractivity contribution in [3.63, 3.8) is 0 Å². The van der Waals surface area contributed by atoms with Crippen LogP contribution in [0.2, 0.25) is 10.0 Å². The van der Waals surface area contributed by atoms with Gasteiger partial charge in [0.15, 0.2) is 16.7 Å². The lowest BCUT2D eigenvalue weighted by molar-refractivity contribution is -0.116. The van der Waals surface area contributed by atoms with Gasteiger partial charge in [-0.25, -0.2) is 4.79 Å². The summed E-state index contributed by atoms with van der Waals surface area (Å²) in [6.07, 6.45) is 0. The molecule has 0 atom stereocenters. The van der Waals surface area contributed by atoms with Gasteiger partial charge in [-0.2, -0.15) is 0 Å². The minimum Gasteiger partial charge on any atom is -0.383 e. The number of nitrogens with zero attached hydrogens (tertiary/aromatic N) is 5. The Labute approximate surface area is 277 Å². The molecule has 0 aliphatic carbocycles. The number of H-pyrrole nitrogens is 1. The first kappa shape index (κ1) is 34.3. The average molecular weight is 673 g/mol. The highest BCUT2D eigenvalue weighted by atomic mass is 35.5. The van der Waals surface area contributed by atoms with E-state index in [2.05, 4.69) is 48.1 Å².